The Hall–Kier alpha value is -4.31. The summed E-state index contributed by atoms with van der Waals surface area (Å²) in [4.78, 5) is 11.5. The summed E-state index contributed by atoms with van der Waals surface area (Å²) in [7, 11) is -3.48. The molecule has 5 rings (SSSR count). The van der Waals surface area contributed by atoms with Crippen LogP contribution >= 0.6 is 0 Å². The summed E-state index contributed by atoms with van der Waals surface area (Å²) in [5.74, 6) is -2.04. The molecule has 2 aromatic carbocycles. The average Bonchev–Trinajstić information content (AvgIpc) is 3.30. The molecule has 5 aromatic rings. The first kappa shape index (κ1) is 23.4. The molecule has 1 N–H and O–H groups in total. The number of hydrogen-bond donors (Lipinski definition) is 1. The SMILES string of the molecule is CCS(=O)(=O)c1ccc(Oc2cc3cc(-c4ccccn4)[nH]c3cc2Oc2c(F)cccc2F)cn1. The van der Waals surface area contributed by atoms with Crippen molar-refractivity contribution in [1.29, 1.82) is 0 Å². The maximum Gasteiger partial charge on any atom is 0.198 e. The Bertz CT molecular complexity index is 1630. The molecule has 0 amide bonds. The van der Waals surface area contributed by atoms with Gasteiger partial charge in [-0.1, -0.05) is 19.1 Å². The van der Waals surface area contributed by atoms with Crippen LogP contribution in [0.15, 0.2) is 84.1 Å². The molecule has 10 heteroatoms. The normalized spacial score (nSPS) is 11.5. The molecular formula is C26H19F2N3O4S. The smallest absolute Gasteiger partial charge is 0.198 e. The highest BCUT2D eigenvalue weighted by Crippen LogP contribution is 2.40. The zero-order chi connectivity index (χ0) is 25.3. The van der Waals surface area contributed by atoms with Gasteiger partial charge in [-0.25, -0.2) is 22.2 Å². The van der Waals surface area contributed by atoms with Crippen molar-refractivity contribution in [2.24, 2.45) is 0 Å². The van der Waals surface area contributed by atoms with Crippen LogP contribution in [0.5, 0.6) is 23.0 Å². The quantitative estimate of drug-likeness (QED) is 0.279. The van der Waals surface area contributed by atoms with Crippen molar-refractivity contribution in [3.8, 4) is 34.4 Å². The fourth-order valence-corrected chi connectivity index (χ4v) is 4.32. The van der Waals surface area contributed by atoms with E-state index in [4.69, 9.17) is 9.47 Å². The van der Waals surface area contributed by atoms with Crippen molar-refractivity contribution < 1.29 is 26.7 Å². The summed E-state index contributed by atoms with van der Waals surface area (Å²) in [6.07, 6.45) is 2.93. The van der Waals surface area contributed by atoms with Gasteiger partial charge in [0.05, 0.1) is 23.3 Å². The van der Waals surface area contributed by atoms with Gasteiger partial charge in [0.25, 0.3) is 0 Å². The number of sulfone groups is 1. The lowest BCUT2D eigenvalue weighted by molar-refractivity contribution is 0.381. The van der Waals surface area contributed by atoms with E-state index in [1.165, 1.54) is 31.3 Å². The first-order valence-electron chi connectivity index (χ1n) is 10.9. The van der Waals surface area contributed by atoms with E-state index in [0.717, 1.165) is 23.2 Å². The average molecular weight is 508 g/mol. The summed E-state index contributed by atoms with van der Waals surface area (Å²) in [6, 6.07) is 16.7. The van der Waals surface area contributed by atoms with Crippen molar-refractivity contribution >= 4 is 20.7 Å². The van der Waals surface area contributed by atoms with E-state index < -0.39 is 27.2 Å². The lowest BCUT2D eigenvalue weighted by Gasteiger charge is -2.14. The second kappa shape index (κ2) is 9.38. The molecule has 36 heavy (non-hydrogen) atoms. The standard InChI is InChI=1S/C26H19F2N3O4S/c1-2-36(32,33)25-10-9-17(15-30-25)34-23-13-16-12-22(20-8-3-4-11-29-20)31-21(16)14-24(23)35-26-18(27)6-5-7-19(26)28/h3-15,31H,2H2,1H3. The number of aromatic nitrogens is 3. The zero-order valence-corrected chi connectivity index (χ0v) is 19.7. The lowest BCUT2D eigenvalue weighted by atomic mass is 10.2. The minimum Gasteiger partial charge on any atom is -0.452 e. The van der Waals surface area contributed by atoms with Gasteiger partial charge in [0.15, 0.2) is 43.7 Å². The third-order valence-electron chi connectivity index (χ3n) is 5.39. The van der Waals surface area contributed by atoms with Gasteiger partial charge in [-0.2, -0.15) is 0 Å². The fourth-order valence-electron chi connectivity index (χ4n) is 3.54. The number of benzene rings is 2. The number of para-hydroxylation sites is 1. The number of nitrogens with one attached hydrogen (secondary N) is 1. The Labute approximate surface area is 205 Å². The van der Waals surface area contributed by atoms with Gasteiger partial charge in [-0.05, 0) is 48.5 Å². The van der Waals surface area contributed by atoms with Crippen molar-refractivity contribution in [2.45, 2.75) is 11.9 Å². The van der Waals surface area contributed by atoms with Crippen LogP contribution in [0.2, 0.25) is 0 Å². The highest BCUT2D eigenvalue weighted by molar-refractivity contribution is 7.91. The third-order valence-corrected chi connectivity index (χ3v) is 7.03. The Kier molecular flexibility index (Phi) is 6.11. The molecule has 3 heterocycles. The largest absolute Gasteiger partial charge is 0.452 e. The summed E-state index contributed by atoms with van der Waals surface area (Å²) in [5, 5.41) is 0.647. The number of rotatable bonds is 7. The Morgan fingerprint density at radius 2 is 1.67 bits per heavy atom. The second-order valence-electron chi connectivity index (χ2n) is 7.77. The summed E-state index contributed by atoms with van der Waals surface area (Å²) in [5.41, 5.74) is 2.05. The third kappa shape index (κ3) is 4.63. The van der Waals surface area contributed by atoms with E-state index in [0.29, 0.717) is 11.2 Å². The van der Waals surface area contributed by atoms with E-state index in [1.807, 2.05) is 18.2 Å². The molecule has 0 aliphatic carbocycles. The number of aromatic amines is 1. The number of ether oxygens (including phenoxy) is 2. The van der Waals surface area contributed by atoms with Gasteiger partial charge in [0.1, 0.15) is 5.75 Å². The van der Waals surface area contributed by atoms with Crippen molar-refractivity contribution in [2.75, 3.05) is 5.75 Å². The Balaban J connectivity index is 1.58. The Morgan fingerprint density at radius 1 is 0.889 bits per heavy atom. The van der Waals surface area contributed by atoms with Crippen LogP contribution in [0.4, 0.5) is 8.78 Å². The molecule has 0 unspecified atom stereocenters. The lowest BCUT2D eigenvalue weighted by Crippen LogP contribution is -2.05. The molecule has 0 aliphatic heterocycles. The zero-order valence-electron chi connectivity index (χ0n) is 18.9. The number of H-pyrrole nitrogens is 1. The number of halogens is 2. The van der Waals surface area contributed by atoms with Crippen molar-refractivity contribution in [1.82, 2.24) is 15.0 Å². The van der Waals surface area contributed by atoms with Gasteiger partial charge in [-0.3, -0.25) is 4.98 Å². The van der Waals surface area contributed by atoms with Crippen LogP contribution in [0, 0.1) is 11.6 Å². The minimum atomic E-state index is -3.48. The Morgan fingerprint density at radius 3 is 2.33 bits per heavy atom. The molecule has 0 spiro atoms. The van der Waals surface area contributed by atoms with Crippen LogP contribution in [0.1, 0.15) is 6.92 Å². The van der Waals surface area contributed by atoms with E-state index in [2.05, 4.69) is 15.0 Å². The first-order chi connectivity index (χ1) is 17.3. The van der Waals surface area contributed by atoms with Crippen LogP contribution in [-0.2, 0) is 9.84 Å². The summed E-state index contributed by atoms with van der Waals surface area (Å²) < 4.78 is 64.3. The molecule has 0 saturated carbocycles. The number of nitrogens with zero attached hydrogens (tertiary/aromatic N) is 2. The van der Waals surface area contributed by atoms with Gasteiger partial charge in [0.2, 0.25) is 0 Å². The summed E-state index contributed by atoms with van der Waals surface area (Å²) in [6.45, 7) is 1.53. The van der Waals surface area contributed by atoms with Crippen LogP contribution in [0.3, 0.4) is 0 Å². The predicted molar refractivity (Wildman–Crippen MR) is 130 cm³/mol. The maximum atomic E-state index is 14.3. The molecule has 0 fully saturated rings. The molecular weight excluding hydrogens is 488 g/mol. The molecule has 0 aliphatic rings. The number of fused-ring (bicyclic) bond motifs is 1. The topological polar surface area (TPSA) is 94.2 Å². The monoisotopic (exact) mass is 507 g/mol. The van der Waals surface area contributed by atoms with Crippen LogP contribution in [0.25, 0.3) is 22.3 Å². The van der Waals surface area contributed by atoms with Crippen LogP contribution in [-0.4, -0.2) is 29.1 Å². The molecule has 182 valence electrons. The number of pyridine rings is 2. The highest BCUT2D eigenvalue weighted by Gasteiger charge is 2.18. The number of hydrogen-bond acceptors (Lipinski definition) is 6. The van der Waals surface area contributed by atoms with Gasteiger partial charge >= 0.3 is 0 Å². The summed E-state index contributed by atoms with van der Waals surface area (Å²) >= 11 is 0. The second-order valence-corrected chi connectivity index (χ2v) is 10.00. The van der Waals surface area contributed by atoms with E-state index in [9.17, 15) is 17.2 Å². The molecule has 0 radical (unpaired) electrons. The van der Waals surface area contributed by atoms with Crippen molar-refractivity contribution in [3.63, 3.8) is 0 Å². The van der Waals surface area contributed by atoms with E-state index in [1.54, 1.807) is 24.4 Å². The molecule has 0 atom stereocenters. The molecule has 7 nitrogen and oxygen atoms in total. The first-order valence-corrected chi connectivity index (χ1v) is 12.6. The van der Waals surface area contributed by atoms with Gasteiger partial charge < -0.3 is 14.5 Å². The molecule has 3 aromatic heterocycles. The van der Waals surface area contributed by atoms with Gasteiger partial charge in [-0.15, -0.1) is 0 Å². The molecule has 0 bridgehead atoms. The fraction of sp³-hybridized carbons (Fsp3) is 0.0769. The van der Waals surface area contributed by atoms with E-state index in [-0.39, 0.29) is 28.0 Å². The minimum absolute atomic E-state index is 0.0335. The van der Waals surface area contributed by atoms with E-state index >= 15 is 0 Å². The molecule has 0 saturated heterocycles. The van der Waals surface area contributed by atoms with Gasteiger partial charge in [0, 0.05) is 23.2 Å². The van der Waals surface area contributed by atoms with Crippen LogP contribution < -0.4 is 9.47 Å². The van der Waals surface area contributed by atoms with Crippen molar-refractivity contribution in [3.05, 3.63) is 90.8 Å². The maximum absolute atomic E-state index is 14.3. The highest BCUT2D eigenvalue weighted by atomic mass is 32.2. The predicted octanol–water partition coefficient (Wildman–Crippen LogP) is 6.28.